The molecule has 10 heteroatoms. The highest BCUT2D eigenvalue weighted by Gasteiger charge is 2.70. The van der Waals surface area contributed by atoms with Crippen LogP contribution in [0.5, 0.6) is 0 Å². The first kappa shape index (κ1) is 23.4. The van der Waals surface area contributed by atoms with Crippen LogP contribution in [-0.2, 0) is 15.1 Å². The van der Waals surface area contributed by atoms with Crippen molar-refractivity contribution >= 4 is 34.1 Å². The van der Waals surface area contributed by atoms with Crippen molar-refractivity contribution in [1.29, 1.82) is 0 Å². The van der Waals surface area contributed by atoms with Gasteiger partial charge in [-0.25, -0.2) is 9.88 Å². The smallest absolute Gasteiger partial charge is 0.271 e. The number of anilines is 1. The molecule has 4 aromatic rings. The summed E-state index contributed by atoms with van der Waals surface area (Å²) < 4.78 is 1.55. The second-order valence-electron chi connectivity index (χ2n) is 10.6. The van der Waals surface area contributed by atoms with Crippen LogP contribution in [0.25, 0.3) is 16.6 Å². The number of hydrogen-bond donors (Lipinski definition) is 1. The van der Waals surface area contributed by atoms with Crippen LogP contribution in [0.2, 0.25) is 0 Å². The topological polar surface area (TPSA) is 127 Å². The van der Waals surface area contributed by atoms with Gasteiger partial charge in [-0.2, -0.15) is 0 Å². The van der Waals surface area contributed by atoms with Gasteiger partial charge < -0.3 is 0 Å². The lowest BCUT2D eigenvalue weighted by atomic mass is 9.75. The quantitative estimate of drug-likeness (QED) is 0.249. The maximum Gasteiger partial charge on any atom is 0.271 e. The Kier molecular flexibility index (Phi) is 4.75. The Morgan fingerprint density at radius 2 is 1.72 bits per heavy atom. The summed E-state index contributed by atoms with van der Waals surface area (Å²) in [5.74, 6) is -2.27. The van der Waals surface area contributed by atoms with Gasteiger partial charge in [-0.05, 0) is 30.2 Å². The molecule has 3 aliphatic heterocycles. The Hall–Kier alpha value is -4.70. The van der Waals surface area contributed by atoms with Gasteiger partial charge in [0.05, 0.1) is 39.0 Å². The third-order valence-electron chi connectivity index (χ3n) is 8.31. The number of para-hydroxylation sites is 2. The Balaban J connectivity index is 1.51. The fourth-order valence-electron chi connectivity index (χ4n) is 6.72. The molecule has 2 amide bonds. The van der Waals surface area contributed by atoms with Crippen molar-refractivity contribution in [2.24, 2.45) is 17.8 Å². The Labute approximate surface area is 222 Å². The lowest BCUT2D eigenvalue weighted by Gasteiger charge is -2.32. The molecule has 1 aromatic heterocycles. The molecule has 10 nitrogen and oxygen atoms in total. The minimum atomic E-state index is -1.25. The minimum Gasteiger partial charge on any atom is -0.296 e. The van der Waals surface area contributed by atoms with E-state index in [1.807, 2.05) is 38.1 Å². The van der Waals surface area contributed by atoms with E-state index in [-0.39, 0.29) is 22.9 Å². The zero-order chi connectivity index (χ0) is 27.2. The number of amides is 2. The molecule has 1 spiro atoms. The summed E-state index contributed by atoms with van der Waals surface area (Å²) in [5, 5.41) is 15.5. The number of aromatic nitrogens is 2. The molecule has 0 saturated carbocycles. The van der Waals surface area contributed by atoms with E-state index >= 15 is 0 Å². The van der Waals surface area contributed by atoms with Crippen molar-refractivity contribution in [2.75, 3.05) is 4.90 Å². The lowest BCUT2D eigenvalue weighted by molar-refractivity contribution is -0.384. The molecule has 1 N–H and O–H groups in total. The van der Waals surface area contributed by atoms with Gasteiger partial charge in [-0.15, -0.1) is 0 Å². The summed E-state index contributed by atoms with van der Waals surface area (Å²) in [6.07, 6.45) is 0. The van der Waals surface area contributed by atoms with E-state index in [9.17, 15) is 24.5 Å². The van der Waals surface area contributed by atoms with Crippen molar-refractivity contribution in [3.8, 4) is 5.69 Å². The first-order chi connectivity index (χ1) is 18.8. The van der Waals surface area contributed by atoms with E-state index in [4.69, 9.17) is 4.98 Å². The average molecular weight is 522 g/mol. The van der Waals surface area contributed by atoms with Crippen molar-refractivity contribution in [1.82, 2.24) is 14.9 Å². The van der Waals surface area contributed by atoms with Crippen molar-refractivity contribution in [3.63, 3.8) is 0 Å². The maximum absolute atomic E-state index is 14.4. The van der Waals surface area contributed by atoms with E-state index in [1.165, 1.54) is 24.3 Å². The number of rotatable bonds is 3. The highest BCUT2D eigenvalue weighted by molar-refractivity contribution is 6.23. The van der Waals surface area contributed by atoms with Crippen LogP contribution in [0, 0.1) is 27.9 Å². The summed E-state index contributed by atoms with van der Waals surface area (Å²) in [5.41, 5.74) is 0.251. The summed E-state index contributed by atoms with van der Waals surface area (Å²) in [4.78, 5) is 59.1. The van der Waals surface area contributed by atoms with Crippen LogP contribution >= 0.6 is 0 Å². The molecule has 39 heavy (non-hydrogen) atoms. The number of benzene rings is 3. The van der Waals surface area contributed by atoms with Crippen LogP contribution in [0.15, 0.2) is 77.6 Å². The van der Waals surface area contributed by atoms with E-state index < -0.39 is 40.2 Å². The molecular formula is C29H23N5O5. The molecule has 2 saturated heterocycles. The van der Waals surface area contributed by atoms with Gasteiger partial charge in [0.1, 0.15) is 11.4 Å². The molecule has 194 valence electrons. The van der Waals surface area contributed by atoms with Gasteiger partial charge in [-0.1, -0.05) is 50.2 Å². The zero-order valence-electron chi connectivity index (χ0n) is 21.1. The van der Waals surface area contributed by atoms with E-state index in [1.54, 1.807) is 28.8 Å². The largest absolute Gasteiger partial charge is 0.296 e. The fourth-order valence-corrected chi connectivity index (χ4v) is 6.72. The predicted molar refractivity (Wildman–Crippen MR) is 142 cm³/mol. The number of nitro benzene ring substituents is 1. The van der Waals surface area contributed by atoms with E-state index in [0.29, 0.717) is 28.0 Å². The molecule has 0 radical (unpaired) electrons. The van der Waals surface area contributed by atoms with Crippen LogP contribution in [0.4, 0.5) is 11.4 Å². The molecule has 2 fully saturated rings. The maximum atomic E-state index is 14.4. The average Bonchev–Trinajstić information content (AvgIpc) is 3.52. The molecule has 0 bridgehead atoms. The summed E-state index contributed by atoms with van der Waals surface area (Å²) >= 11 is 0. The Morgan fingerprint density at radius 1 is 0.974 bits per heavy atom. The standard InChI is InChI=1S/C29H23N5O5/c1-15(2)24-22-23(27(37)32(26(22)36)16-8-7-9-17(14-16)34(38)39)29(31-24)19-11-4-6-13-21(19)33-25(35)18-10-3-5-12-20(18)30-28(29)33/h3-15,22-24,31H,1-2H3/t22-,23+,24-,29+/m0/s1. The third kappa shape index (κ3) is 2.89. The van der Waals surface area contributed by atoms with Gasteiger partial charge in [0.15, 0.2) is 0 Å². The SMILES string of the molecule is CC(C)[C@@H]1N[C@]2(c3ccccc3-n3c2nc2ccccc2c3=O)[C@H]2C(=O)N(c3cccc([N+](=O)[O-])c3)C(=O)[C@H]12. The molecule has 0 aliphatic carbocycles. The van der Waals surface area contributed by atoms with Gasteiger partial charge in [0.25, 0.3) is 11.2 Å². The molecule has 4 heterocycles. The lowest BCUT2D eigenvalue weighted by Crippen LogP contribution is -2.51. The van der Waals surface area contributed by atoms with E-state index in [0.717, 1.165) is 4.90 Å². The second-order valence-corrected chi connectivity index (χ2v) is 10.6. The third-order valence-corrected chi connectivity index (χ3v) is 8.31. The summed E-state index contributed by atoms with van der Waals surface area (Å²) in [6, 6.07) is 19.6. The highest BCUT2D eigenvalue weighted by Crippen LogP contribution is 2.56. The minimum absolute atomic E-state index is 0.0490. The normalized spacial score (nSPS) is 25.0. The second kappa shape index (κ2) is 7.90. The molecular weight excluding hydrogens is 498 g/mol. The molecule has 3 aliphatic rings. The Morgan fingerprint density at radius 3 is 2.49 bits per heavy atom. The van der Waals surface area contributed by atoms with Crippen LogP contribution in [0.1, 0.15) is 25.2 Å². The number of carbonyl (C=O) groups is 2. The first-order valence-electron chi connectivity index (χ1n) is 12.8. The number of imide groups is 1. The molecule has 4 atom stereocenters. The predicted octanol–water partition coefficient (Wildman–Crippen LogP) is 3.28. The van der Waals surface area contributed by atoms with Crippen LogP contribution in [0.3, 0.4) is 0 Å². The number of non-ortho nitro benzene ring substituents is 1. The van der Waals surface area contributed by atoms with Gasteiger partial charge in [-0.3, -0.25) is 34.4 Å². The highest BCUT2D eigenvalue weighted by atomic mass is 16.6. The summed E-state index contributed by atoms with van der Waals surface area (Å²) in [7, 11) is 0. The van der Waals surface area contributed by atoms with Crippen molar-refractivity contribution in [3.05, 3.63) is 105 Å². The number of carbonyl (C=O) groups excluding carboxylic acids is 2. The van der Waals surface area contributed by atoms with Crippen molar-refractivity contribution < 1.29 is 14.5 Å². The number of nitrogens with one attached hydrogen (secondary N) is 1. The number of nitrogens with zero attached hydrogens (tertiary/aromatic N) is 4. The number of fused-ring (bicyclic) bond motifs is 8. The monoisotopic (exact) mass is 521 g/mol. The molecule has 7 rings (SSSR count). The Bertz CT molecular complexity index is 1810. The van der Waals surface area contributed by atoms with Crippen LogP contribution < -0.4 is 15.8 Å². The molecule has 0 unspecified atom stereocenters. The van der Waals surface area contributed by atoms with Crippen molar-refractivity contribution in [2.45, 2.75) is 25.4 Å². The van der Waals surface area contributed by atoms with Gasteiger partial charge >= 0.3 is 0 Å². The number of nitro groups is 1. The fraction of sp³-hybridized carbons (Fsp3) is 0.241. The van der Waals surface area contributed by atoms with Crippen LogP contribution in [-0.4, -0.2) is 32.3 Å². The molecule has 3 aromatic carbocycles. The van der Waals surface area contributed by atoms with Gasteiger partial charge in [0, 0.05) is 23.7 Å². The van der Waals surface area contributed by atoms with E-state index in [2.05, 4.69) is 5.32 Å². The van der Waals surface area contributed by atoms with Gasteiger partial charge in [0.2, 0.25) is 11.8 Å². The zero-order valence-corrected chi connectivity index (χ0v) is 21.1. The number of hydrogen-bond acceptors (Lipinski definition) is 7. The summed E-state index contributed by atoms with van der Waals surface area (Å²) in [6.45, 7) is 3.95. The first-order valence-corrected chi connectivity index (χ1v) is 12.8.